The number of carbonyl (C=O) groups is 2. The third kappa shape index (κ3) is 5.99. The molecule has 2 saturated heterocycles. The van der Waals surface area contributed by atoms with Crippen LogP contribution in [0.15, 0.2) is 36.7 Å². The van der Waals surface area contributed by atoms with Crippen molar-refractivity contribution < 1.29 is 28.4 Å². The molecule has 12 nitrogen and oxygen atoms in total. The van der Waals surface area contributed by atoms with Crippen LogP contribution in [-0.2, 0) is 14.3 Å². The largest absolute Gasteiger partial charge is 0.485 e. The van der Waals surface area contributed by atoms with Crippen molar-refractivity contribution >= 4 is 51.6 Å². The number of benzene rings is 2. The van der Waals surface area contributed by atoms with Crippen LogP contribution in [0.25, 0.3) is 10.9 Å². The molecule has 39 heavy (non-hydrogen) atoms. The van der Waals surface area contributed by atoms with Gasteiger partial charge in [-0.2, -0.15) is 0 Å². The highest BCUT2D eigenvalue weighted by atomic mass is 35.5. The highest BCUT2D eigenvalue weighted by molar-refractivity contribution is 6.31. The molecular formula is C25H24ClFN6O6. The van der Waals surface area contributed by atoms with Crippen molar-refractivity contribution in [2.24, 2.45) is 0 Å². The second-order valence-electron chi connectivity index (χ2n) is 9.10. The molecule has 0 bridgehead atoms. The number of piperazine rings is 1. The monoisotopic (exact) mass is 558 g/mol. The lowest BCUT2D eigenvalue weighted by molar-refractivity contribution is -0.385. The predicted octanol–water partition coefficient (Wildman–Crippen LogP) is 3.30. The number of esters is 1. The fourth-order valence-corrected chi connectivity index (χ4v) is 4.70. The molecule has 5 rings (SSSR count). The molecule has 0 aliphatic carbocycles. The molecule has 3 heterocycles. The maximum Gasteiger partial charge on any atom is 0.311 e. The number of cyclic esters (lactones) is 1. The highest BCUT2D eigenvalue weighted by Gasteiger charge is 2.34. The minimum Gasteiger partial charge on any atom is -0.485 e. The van der Waals surface area contributed by atoms with E-state index in [2.05, 4.69) is 20.2 Å². The maximum absolute atomic E-state index is 13.5. The number of nitro groups is 1. The summed E-state index contributed by atoms with van der Waals surface area (Å²) in [5, 5.41) is 15.1. The topological polar surface area (TPSA) is 140 Å². The van der Waals surface area contributed by atoms with E-state index in [9.17, 15) is 24.1 Å². The average molecular weight is 559 g/mol. The van der Waals surface area contributed by atoms with E-state index in [1.165, 1.54) is 36.7 Å². The first-order valence-electron chi connectivity index (χ1n) is 12.3. The van der Waals surface area contributed by atoms with E-state index in [1.807, 2.05) is 0 Å². The van der Waals surface area contributed by atoms with Gasteiger partial charge >= 0.3 is 11.7 Å². The van der Waals surface area contributed by atoms with Crippen LogP contribution in [0, 0.1) is 15.9 Å². The number of carbonyl (C=O) groups excluding carboxylic acids is 2. The van der Waals surface area contributed by atoms with Gasteiger partial charge in [0.15, 0.2) is 11.9 Å². The summed E-state index contributed by atoms with van der Waals surface area (Å²) < 4.78 is 24.4. The number of nitrogens with one attached hydrogen (secondary N) is 1. The van der Waals surface area contributed by atoms with Gasteiger partial charge in [-0.25, -0.2) is 14.4 Å². The van der Waals surface area contributed by atoms with Crippen molar-refractivity contribution in [2.75, 3.05) is 44.6 Å². The third-order valence-electron chi connectivity index (χ3n) is 6.60. The summed E-state index contributed by atoms with van der Waals surface area (Å²) in [5.41, 5.74) is 0.621. The standard InChI is InChI=1S/C25H24ClFN6O6/c26-17-11-15(1-2-18(17)27)30-24-16-12-20(33(36)37)22(13-19(16)28-14-29-24)38-10-9-31-5-7-32(8-6-31)25(35)21-3-4-23(34)39-21/h1-2,11-14,21H,3-10H2,(H,28,29,30)/t21-/m0/s1. The van der Waals surface area contributed by atoms with Crippen molar-refractivity contribution in [1.29, 1.82) is 0 Å². The molecule has 3 aromatic rings. The Labute approximate surface area is 226 Å². The van der Waals surface area contributed by atoms with Gasteiger partial charge in [-0.05, 0) is 18.2 Å². The lowest BCUT2D eigenvalue weighted by atomic mass is 10.2. The molecular weight excluding hydrogens is 535 g/mol. The SMILES string of the molecule is O=C1CC[C@@H](C(=O)N2CCN(CCOc3cc4ncnc(Nc5ccc(F)c(Cl)c5)c4cc3[N+](=O)[O-])CC2)O1. The van der Waals surface area contributed by atoms with Gasteiger partial charge in [0, 0.05) is 63.4 Å². The van der Waals surface area contributed by atoms with Crippen LogP contribution in [0.2, 0.25) is 5.02 Å². The zero-order valence-electron chi connectivity index (χ0n) is 20.6. The van der Waals surface area contributed by atoms with Gasteiger partial charge in [-0.3, -0.25) is 24.6 Å². The van der Waals surface area contributed by atoms with Gasteiger partial charge in [-0.15, -0.1) is 0 Å². The summed E-state index contributed by atoms with van der Waals surface area (Å²) in [6, 6.07) is 6.87. The quantitative estimate of drug-likeness (QED) is 0.249. The van der Waals surface area contributed by atoms with Crippen molar-refractivity contribution in [3.63, 3.8) is 0 Å². The first-order valence-corrected chi connectivity index (χ1v) is 12.6. The van der Waals surface area contributed by atoms with Crippen molar-refractivity contribution in [3.8, 4) is 5.75 Å². The van der Waals surface area contributed by atoms with Crippen LogP contribution < -0.4 is 10.1 Å². The van der Waals surface area contributed by atoms with E-state index in [4.69, 9.17) is 21.1 Å². The molecule has 2 fully saturated rings. The van der Waals surface area contributed by atoms with Crippen LogP contribution in [0.1, 0.15) is 12.8 Å². The van der Waals surface area contributed by atoms with E-state index in [-0.39, 0.29) is 47.2 Å². The Morgan fingerprint density at radius 3 is 2.72 bits per heavy atom. The first kappa shape index (κ1) is 26.5. The van der Waals surface area contributed by atoms with Crippen molar-refractivity contribution in [3.05, 3.63) is 57.6 Å². The normalized spacial score (nSPS) is 17.7. The molecule has 1 N–H and O–H groups in total. The van der Waals surface area contributed by atoms with Gasteiger partial charge in [0.2, 0.25) is 0 Å². The summed E-state index contributed by atoms with van der Waals surface area (Å²) in [6.07, 6.45) is 1.30. The van der Waals surface area contributed by atoms with Gasteiger partial charge in [0.05, 0.1) is 20.8 Å². The molecule has 1 amide bonds. The Bertz CT molecular complexity index is 1430. The lowest BCUT2D eigenvalue weighted by Crippen LogP contribution is -2.52. The molecule has 1 atom stereocenters. The Morgan fingerprint density at radius 2 is 2.03 bits per heavy atom. The molecule has 204 valence electrons. The van der Waals surface area contributed by atoms with Gasteiger partial charge in [0.1, 0.15) is 24.6 Å². The summed E-state index contributed by atoms with van der Waals surface area (Å²) in [5.74, 6) is -0.722. The number of amides is 1. The molecule has 2 aliphatic heterocycles. The van der Waals surface area contributed by atoms with E-state index in [0.29, 0.717) is 55.7 Å². The number of hydrogen-bond acceptors (Lipinski definition) is 10. The fourth-order valence-electron chi connectivity index (χ4n) is 4.52. The zero-order chi connectivity index (χ0) is 27.5. The summed E-state index contributed by atoms with van der Waals surface area (Å²) in [4.78, 5) is 47.3. The van der Waals surface area contributed by atoms with Crippen LogP contribution in [0.4, 0.5) is 21.6 Å². The molecule has 0 unspecified atom stereocenters. The van der Waals surface area contributed by atoms with Gasteiger partial charge in [-0.1, -0.05) is 11.6 Å². The summed E-state index contributed by atoms with van der Waals surface area (Å²) in [7, 11) is 0. The number of ether oxygens (including phenoxy) is 2. The van der Waals surface area contributed by atoms with E-state index in [0.717, 1.165) is 0 Å². The fraction of sp³-hybridized carbons (Fsp3) is 0.360. The van der Waals surface area contributed by atoms with E-state index in [1.54, 1.807) is 4.90 Å². The summed E-state index contributed by atoms with van der Waals surface area (Å²) in [6.45, 7) is 2.88. The molecule has 0 saturated carbocycles. The summed E-state index contributed by atoms with van der Waals surface area (Å²) >= 11 is 5.85. The molecule has 14 heteroatoms. The van der Waals surface area contributed by atoms with Crippen LogP contribution >= 0.6 is 11.6 Å². The second-order valence-corrected chi connectivity index (χ2v) is 9.51. The Balaban J connectivity index is 1.22. The number of hydrogen-bond donors (Lipinski definition) is 1. The number of halogens is 2. The maximum atomic E-state index is 13.5. The second kappa shape index (κ2) is 11.3. The first-order chi connectivity index (χ1) is 18.8. The zero-order valence-corrected chi connectivity index (χ0v) is 21.4. The Kier molecular flexibility index (Phi) is 7.70. The Hall–Kier alpha value is -4.10. The lowest BCUT2D eigenvalue weighted by Gasteiger charge is -2.35. The van der Waals surface area contributed by atoms with E-state index >= 15 is 0 Å². The van der Waals surface area contributed by atoms with Crippen LogP contribution in [0.5, 0.6) is 5.75 Å². The molecule has 2 aliphatic rings. The smallest absolute Gasteiger partial charge is 0.311 e. The van der Waals surface area contributed by atoms with E-state index < -0.39 is 16.8 Å². The van der Waals surface area contributed by atoms with Crippen LogP contribution in [-0.4, -0.2) is 82.0 Å². The van der Waals surface area contributed by atoms with Gasteiger partial charge in [0.25, 0.3) is 5.91 Å². The number of fused-ring (bicyclic) bond motifs is 1. The minimum absolute atomic E-state index is 0.0684. The Morgan fingerprint density at radius 1 is 1.23 bits per heavy atom. The number of nitro benzene ring substituents is 1. The average Bonchev–Trinajstić information content (AvgIpc) is 3.36. The minimum atomic E-state index is -0.686. The van der Waals surface area contributed by atoms with Crippen LogP contribution in [0.3, 0.4) is 0 Å². The number of aromatic nitrogens is 2. The molecule has 0 spiro atoms. The van der Waals surface area contributed by atoms with Crippen molar-refractivity contribution in [1.82, 2.24) is 19.8 Å². The molecule has 0 radical (unpaired) electrons. The van der Waals surface area contributed by atoms with Crippen molar-refractivity contribution in [2.45, 2.75) is 18.9 Å². The molecule has 2 aromatic carbocycles. The number of rotatable bonds is 8. The third-order valence-corrected chi connectivity index (χ3v) is 6.89. The number of anilines is 2. The molecule has 1 aromatic heterocycles. The number of nitrogens with zero attached hydrogens (tertiary/aromatic N) is 5. The predicted molar refractivity (Wildman–Crippen MR) is 139 cm³/mol. The highest BCUT2D eigenvalue weighted by Crippen LogP contribution is 2.35. The van der Waals surface area contributed by atoms with Gasteiger partial charge < -0.3 is 19.7 Å².